The zero-order valence-electron chi connectivity index (χ0n) is 34.3. The summed E-state index contributed by atoms with van der Waals surface area (Å²) < 4.78 is 8.70. The van der Waals surface area contributed by atoms with Crippen LogP contribution in [0.2, 0.25) is 0 Å². The van der Waals surface area contributed by atoms with Crippen molar-refractivity contribution in [2.45, 2.75) is 69.9 Å². The third kappa shape index (κ3) is 8.62. The highest BCUT2D eigenvalue weighted by molar-refractivity contribution is 7.16. The zero-order valence-corrected chi connectivity index (χ0v) is 35.1. The van der Waals surface area contributed by atoms with E-state index in [0.717, 1.165) is 117 Å². The number of hydrogen-bond acceptors (Lipinski definition) is 13. The summed E-state index contributed by atoms with van der Waals surface area (Å²) >= 11 is 1.48. The first-order chi connectivity index (χ1) is 29.9. The van der Waals surface area contributed by atoms with E-state index in [1.54, 1.807) is 43.0 Å². The SMILES string of the molecule is COc1cc(N2CCC(CN3CCC(n4cc5cc(NC(=O)c6cncc7scnc67)c(N6CCCCC6)cc5n4)CC3)CC2)ccc1C(=O)N[C@H]1CCC(=C=O)NC1=C=O. The van der Waals surface area contributed by atoms with Crippen molar-refractivity contribution in [1.82, 2.24) is 35.3 Å². The van der Waals surface area contributed by atoms with E-state index in [9.17, 15) is 19.2 Å². The summed E-state index contributed by atoms with van der Waals surface area (Å²) in [5.41, 5.74) is 7.44. The molecular weight excluding hydrogens is 793 g/mol. The topological polar surface area (TPSA) is 167 Å². The molecule has 316 valence electrons. The Labute approximate surface area is 357 Å². The molecule has 2 aromatic carbocycles. The number of carbonyl (C=O) groups is 2. The summed E-state index contributed by atoms with van der Waals surface area (Å²) in [5.74, 6) is 4.09. The molecule has 0 spiro atoms. The number of hydrogen-bond donors (Lipinski definition) is 3. The fourth-order valence-electron chi connectivity index (χ4n) is 9.38. The first-order valence-corrected chi connectivity index (χ1v) is 22.2. The molecule has 61 heavy (non-hydrogen) atoms. The Morgan fingerprint density at radius 1 is 0.902 bits per heavy atom. The van der Waals surface area contributed by atoms with Gasteiger partial charge < -0.3 is 35.4 Å². The maximum Gasteiger partial charge on any atom is 0.259 e. The third-order valence-corrected chi connectivity index (χ3v) is 13.6. The van der Waals surface area contributed by atoms with E-state index in [0.29, 0.717) is 47.2 Å². The highest BCUT2D eigenvalue weighted by Crippen LogP contribution is 2.36. The highest BCUT2D eigenvalue weighted by atomic mass is 32.1. The lowest BCUT2D eigenvalue weighted by Crippen LogP contribution is -2.43. The highest BCUT2D eigenvalue weighted by Gasteiger charge is 2.29. The van der Waals surface area contributed by atoms with Gasteiger partial charge in [0.05, 0.1) is 62.9 Å². The lowest BCUT2D eigenvalue weighted by molar-refractivity contribution is 0.0935. The van der Waals surface area contributed by atoms with Gasteiger partial charge >= 0.3 is 0 Å². The van der Waals surface area contributed by atoms with Gasteiger partial charge in [-0.25, -0.2) is 14.6 Å². The fraction of sp³-hybridized carbons (Fsp3) is 0.444. The maximum atomic E-state index is 13.7. The van der Waals surface area contributed by atoms with Gasteiger partial charge in [-0.1, -0.05) is 0 Å². The lowest BCUT2D eigenvalue weighted by atomic mass is 9.94. The summed E-state index contributed by atoms with van der Waals surface area (Å²) in [5, 5.41) is 15.0. The van der Waals surface area contributed by atoms with Crippen LogP contribution >= 0.6 is 11.3 Å². The van der Waals surface area contributed by atoms with Crippen molar-refractivity contribution in [3.05, 3.63) is 77.0 Å². The summed E-state index contributed by atoms with van der Waals surface area (Å²) in [6, 6.07) is 9.61. The molecule has 7 heterocycles. The summed E-state index contributed by atoms with van der Waals surface area (Å²) in [6.45, 7) is 6.86. The molecule has 2 amide bonds. The molecular formula is C45H50N10O5S. The van der Waals surface area contributed by atoms with Crippen LogP contribution in [0.15, 0.2) is 65.8 Å². The number of ether oxygens (including phenoxy) is 1. The number of aromatic nitrogens is 4. The predicted molar refractivity (Wildman–Crippen MR) is 236 cm³/mol. The molecule has 5 aromatic rings. The monoisotopic (exact) mass is 842 g/mol. The Morgan fingerprint density at radius 3 is 2.49 bits per heavy atom. The first-order valence-electron chi connectivity index (χ1n) is 21.4. The minimum atomic E-state index is -0.578. The van der Waals surface area contributed by atoms with Gasteiger partial charge in [-0.05, 0) is 81.5 Å². The number of methoxy groups -OCH3 is 1. The summed E-state index contributed by atoms with van der Waals surface area (Å²) in [6.07, 6.45) is 14.0. The largest absolute Gasteiger partial charge is 0.496 e. The van der Waals surface area contributed by atoms with Crippen LogP contribution in [0.1, 0.15) is 84.5 Å². The molecule has 4 aliphatic heterocycles. The van der Waals surface area contributed by atoms with Crippen molar-refractivity contribution >= 4 is 73.2 Å². The molecule has 0 radical (unpaired) electrons. The number of piperidine rings is 4. The van der Waals surface area contributed by atoms with Gasteiger partial charge in [-0.3, -0.25) is 19.3 Å². The number of anilines is 3. The van der Waals surface area contributed by atoms with E-state index < -0.39 is 6.04 Å². The molecule has 4 fully saturated rings. The number of thiazole rings is 1. The molecule has 0 aliphatic carbocycles. The molecule has 3 aromatic heterocycles. The summed E-state index contributed by atoms with van der Waals surface area (Å²) in [7, 11) is 1.55. The summed E-state index contributed by atoms with van der Waals surface area (Å²) in [4.78, 5) is 65.5. The Hall–Kier alpha value is -6.05. The van der Waals surface area contributed by atoms with Crippen LogP contribution < -0.4 is 30.5 Å². The van der Waals surface area contributed by atoms with Crippen LogP contribution in [-0.2, 0) is 9.59 Å². The normalized spacial score (nSPS) is 19.4. The van der Waals surface area contributed by atoms with Crippen molar-refractivity contribution < 1.29 is 23.9 Å². The molecule has 1 atom stereocenters. The number of nitrogens with zero attached hydrogens (tertiary/aromatic N) is 7. The first kappa shape index (κ1) is 40.4. The van der Waals surface area contributed by atoms with Crippen molar-refractivity contribution in [1.29, 1.82) is 0 Å². The number of rotatable bonds is 10. The zero-order chi connectivity index (χ0) is 41.9. The van der Waals surface area contributed by atoms with Crippen LogP contribution in [0.3, 0.4) is 0 Å². The Bertz CT molecular complexity index is 2540. The lowest BCUT2D eigenvalue weighted by Gasteiger charge is -2.38. The Balaban J connectivity index is 0.797. The number of fused-ring (bicyclic) bond motifs is 2. The van der Waals surface area contributed by atoms with Crippen LogP contribution in [0.4, 0.5) is 17.1 Å². The molecule has 9 rings (SSSR count). The number of likely N-dealkylation sites (tertiary alicyclic amines) is 1. The third-order valence-electron chi connectivity index (χ3n) is 12.8. The molecule has 16 heteroatoms. The van der Waals surface area contributed by atoms with Crippen molar-refractivity contribution in [3.63, 3.8) is 0 Å². The molecule has 4 saturated heterocycles. The van der Waals surface area contributed by atoms with Crippen molar-refractivity contribution in [2.75, 3.05) is 68.0 Å². The van der Waals surface area contributed by atoms with Gasteiger partial charge in [-0.2, -0.15) is 5.10 Å². The Kier molecular flexibility index (Phi) is 11.8. The number of amides is 2. The molecule has 4 aliphatic rings. The second-order valence-corrected chi connectivity index (χ2v) is 17.4. The second-order valence-electron chi connectivity index (χ2n) is 16.6. The van der Waals surface area contributed by atoms with Crippen molar-refractivity contribution in [3.8, 4) is 5.75 Å². The standard InChI is InChI=1S/C45H50N10O5S/c1-60-41-20-33(6-7-34(41)44(58)49-36-8-5-31(26-56)48-39(36)27-57)53-17-9-29(10-18-53)24-52-15-11-32(12-16-52)55-25-30-19-38(40(21-37(30)51-55)54-13-3-2-4-14-54)50-45(59)35-22-46-23-42-43(35)47-28-61-42/h6-7,19-23,25,28-29,32,36,48H,2-5,8-18,24H2,1H3,(H,49,58)(H,50,59)/t36-/m0/s1. The second kappa shape index (κ2) is 17.9. The average Bonchev–Trinajstić information content (AvgIpc) is 3.97. The van der Waals surface area contributed by atoms with E-state index in [1.165, 1.54) is 17.8 Å². The van der Waals surface area contributed by atoms with E-state index in [4.69, 9.17) is 9.84 Å². The van der Waals surface area contributed by atoms with E-state index in [2.05, 4.69) is 63.6 Å². The van der Waals surface area contributed by atoms with Gasteiger partial charge in [0.25, 0.3) is 11.8 Å². The molecule has 3 N–H and O–H groups in total. The number of pyridine rings is 1. The van der Waals surface area contributed by atoms with Crippen LogP contribution in [-0.4, -0.2) is 107 Å². The van der Waals surface area contributed by atoms with E-state index in [-0.39, 0.29) is 23.2 Å². The van der Waals surface area contributed by atoms with E-state index >= 15 is 0 Å². The van der Waals surface area contributed by atoms with Gasteiger partial charge in [-0.15, -0.1) is 11.3 Å². The van der Waals surface area contributed by atoms with Crippen LogP contribution in [0.25, 0.3) is 21.1 Å². The fourth-order valence-corrected chi connectivity index (χ4v) is 10.0. The minimum absolute atomic E-state index is 0.119. The molecule has 0 saturated carbocycles. The van der Waals surface area contributed by atoms with E-state index in [1.807, 2.05) is 12.1 Å². The molecule has 15 nitrogen and oxygen atoms in total. The number of carbonyl (C=O) groups excluding carboxylic acids is 4. The predicted octanol–water partition coefficient (Wildman–Crippen LogP) is 5.76. The van der Waals surface area contributed by atoms with Gasteiger partial charge in [0, 0.05) is 88.0 Å². The smallest absolute Gasteiger partial charge is 0.259 e. The quantitative estimate of drug-likeness (QED) is 0.146. The Morgan fingerprint density at radius 2 is 1.72 bits per heavy atom. The van der Waals surface area contributed by atoms with Crippen LogP contribution in [0.5, 0.6) is 5.75 Å². The van der Waals surface area contributed by atoms with Gasteiger partial charge in [0.1, 0.15) is 29.0 Å². The van der Waals surface area contributed by atoms with Gasteiger partial charge in [0.15, 0.2) is 0 Å². The average molecular weight is 843 g/mol. The maximum absolute atomic E-state index is 13.7. The number of allylic oxidation sites excluding steroid dienone is 1. The number of benzene rings is 2. The van der Waals surface area contributed by atoms with Gasteiger partial charge in [0.2, 0.25) is 0 Å². The van der Waals surface area contributed by atoms with Crippen LogP contribution in [0, 0.1) is 5.92 Å². The number of nitrogens with one attached hydrogen (secondary N) is 3. The molecule has 0 unspecified atom stereocenters. The van der Waals surface area contributed by atoms with Crippen molar-refractivity contribution in [2.24, 2.45) is 5.92 Å². The molecule has 0 bridgehead atoms. The minimum Gasteiger partial charge on any atom is -0.496 e.